The van der Waals surface area contributed by atoms with Crippen LogP contribution in [-0.2, 0) is 12.8 Å². The molecule has 5 N–H and O–H groups in total. The highest BCUT2D eigenvalue weighted by Crippen LogP contribution is 2.43. The van der Waals surface area contributed by atoms with Gasteiger partial charge < -0.3 is 35.1 Å². The lowest BCUT2D eigenvalue weighted by Crippen LogP contribution is -2.14. The summed E-state index contributed by atoms with van der Waals surface area (Å²) in [6, 6.07) is 7.08. The summed E-state index contributed by atoms with van der Waals surface area (Å²) in [5, 5.41) is 33.2. The third-order valence-corrected chi connectivity index (χ3v) is 5.84. The van der Waals surface area contributed by atoms with E-state index in [9.17, 15) is 15.3 Å². The average molecular weight is 423 g/mol. The van der Waals surface area contributed by atoms with Crippen LogP contribution in [-0.4, -0.2) is 76.4 Å². The van der Waals surface area contributed by atoms with Crippen molar-refractivity contribution < 1.29 is 15.3 Å². The number of fused-ring (bicyclic) bond motifs is 2. The van der Waals surface area contributed by atoms with Crippen LogP contribution < -0.4 is 0 Å². The highest BCUT2D eigenvalue weighted by atomic mass is 16.3. The summed E-state index contributed by atoms with van der Waals surface area (Å²) in [5.74, 6) is 0.454. The number of aromatic amines is 2. The first-order valence-corrected chi connectivity index (χ1v) is 10.4. The number of nitrogens with one attached hydrogen (secondary N) is 2. The van der Waals surface area contributed by atoms with Crippen LogP contribution in [0.2, 0.25) is 0 Å². The standard InChI is InChI=1S/C24H30N4O3/c1-27(2)11-9-14-13-25-22-15(5-7-18(29)20(14)22)16-6-8-19(30)21-17(10-12-28(3)4)24(31)26-23(16)21/h5-8,13,25-26,29-31H,9-12H2,1-4H3. The Labute approximate surface area is 181 Å². The van der Waals surface area contributed by atoms with E-state index in [1.165, 1.54) is 0 Å². The van der Waals surface area contributed by atoms with Crippen LogP contribution in [0.3, 0.4) is 0 Å². The molecule has 0 amide bonds. The Bertz CT molecular complexity index is 1240. The molecule has 0 aliphatic heterocycles. The fraction of sp³-hybridized carbons (Fsp3) is 0.333. The predicted octanol–water partition coefficient (Wildman–Crippen LogP) is 3.64. The smallest absolute Gasteiger partial charge is 0.192 e. The van der Waals surface area contributed by atoms with Crippen molar-refractivity contribution in [3.8, 4) is 28.5 Å². The molecule has 0 unspecified atom stereocenters. The monoisotopic (exact) mass is 422 g/mol. The van der Waals surface area contributed by atoms with Crippen LogP contribution in [0, 0.1) is 0 Å². The second-order valence-electron chi connectivity index (χ2n) is 8.64. The van der Waals surface area contributed by atoms with E-state index in [1.54, 1.807) is 12.1 Å². The number of phenolic OH excluding ortho intramolecular Hbond substituents is 2. The first-order valence-electron chi connectivity index (χ1n) is 10.4. The van der Waals surface area contributed by atoms with Crippen LogP contribution in [0.25, 0.3) is 32.9 Å². The zero-order valence-electron chi connectivity index (χ0n) is 18.5. The molecule has 0 radical (unpaired) electrons. The van der Waals surface area contributed by atoms with Crippen molar-refractivity contribution in [2.75, 3.05) is 41.3 Å². The molecule has 0 atom stereocenters. The van der Waals surface area contributed by atoms with Gasteiger partial charge in [0.25, 0.3) is 0 Å². The summed E-state index contributed by atoms with van der Waals surface area (Å²) in [5.41, 5.74) is 5.03. The van der Waals surface area contributed by atoms with Crippen LogP contribution in [0.5, 0.6) is 17.4 Å². The van der Waals surface area contributed by atoms with Crippen molar-refractivity contribution in [3.05, 3.63) is 41.6 Å². The van der Waals surface area contributed by atoms with Gasteiger partial charge in [0.1, 0.15) is 11.5 Å². The van der Waals surface area contributed by atoms with Crippen molar-refractivity contribution in [3.63, 3.8) is 0 Å². The van der Waals surface area contributed by atoms with Gasteiger partial charge in [-0.15, -0.1) is 0 Å². The van der Waals surface area contributed by atoms with Crippen LogP contribution >= 0.6 is 0 Å². The Balaban J connectivity index is 1.89. The average Bonchev–Trinajstić information content (AvgIpc) is 3.28. The van der Waals surface area contributed by atoms with Gasteiger partial charge in [0.05, 0.1) is 11.0 Å². The molecule has 4 rings (SSSR count). The normalized spacial score (nSPS) is 12.1. The molecule has 0 spiro atoms. The lowest BCUT2D eigenvalue weighted by molar-refractivity contribution is 0.404. The molecule has 0 saturated heterocycles. The third-order valence-electron chi connectivity index (χ3n) is 5.84. The summed E-state index contributed by atoms with van der Waals surface area (Å²) < 4.78 is 0. The van der Waals surface area contributed by atoms with Crippen LogP contribution in [0.15, 0.2) is 30.5 Å². The van der Waals surface area contributed by atoms with E-state index in [0.717, 1.165) is 47.1 Å². The Morgan fingerprint density at radius 1 is 0.742 bits per heavy atom. The summed E-state index contributed by atoms with van der Waals surface area (Å²) in [4.78, 5) is 10.6. The first kappa shape index (κ1) is 21.1. The lowest BCUT2D eigenvalue weighted by atomic mass is 9.97. The number of hydrogen-bond acceptors (Lipinski definition) is 5. The van der Waals surface area contributed by atoms with Crippen molar-refractivity contribution in [1.82, 2.24) is 19.8 Å². The Hall–Kier alpha value is -3.16. The largest absolute Gasteiger partial charge is 0.507 e. The molecule has 0 aliphatic rings. The molecule has 4 aromatic rings. The van der Waals surface area contributed by atoms with E-state index < -0.39 is 0 Å². The van der Waals surface area contributed by atoms with Gasteiger partial charge in [0.2, 0.25) is 0 Å². The molecular weight excluding hydrogens is 392 g/mol. The second-order valence-corrected chi connectivity index (χ2v) is 8.64. The SMILES string of the molecule is CN(C)CCc1c[nH]c2c(-c3ccc(O)c4c(CCN(C)C)c(O)[nH]c34)ccc(O)c12. The molecule has 164 valence electrons. The maximum Gasteiger partial charge on any atom is 0.192 e. The topological polar surface area (TPSA) is 98.8 Å². The molecule has 2 aromatic heterocycles. The first-order chi connectivity index (χ1) is 14.8. The quantitative estimate of drug-likeness (QED) is 0.313. The Morgan fingerprint density at radius 3 is 1.97 bits per heavy atom. The van der Waals surface area contributed by atoms with E-state index in [0.29, 0.717) is 22.9 Å². The van der Waals surface area contributed by atoms with E-state index >= 15 is 0 Å². The minimum Gasteiger partial charge on any atom is -0.507 e. The van der Waals surface area contributed by atoms with Gasteiger partial charge in [-0.3, -0.25) is 0 Å². The van der Waals surface area contributed by atoms with E-state index in [2.05, 4.69) is 14.9 Å². The van der Waals surface area contributed by atoms with E-state index in [1.807, 2.05) is 51.4 Å². The van der Waals surface area contributed by atoms with E-state index in [4.69, 9.17) is 0 Å². The number of nitrogens with zero attached hydrogens (tertiary/aromatic N) is 2. The van der Waals surface area contributed by atoms with Gasteiger partial charge in [0, 0.05) is 46.7 Å². The summed E-state index contributed by atoms with van der Waals surface area (Å²) >= 11 is 0. The molecule has 0 saturated carbocycles. The van der Waals surface area contributed by atoms with Gasteiger partial charge in [-0.2, -0.15) is 0 Å². The Morgan fingerprint density at radius 2 is 1.32 bits per heavy atom. The zero-order chi connectivity index (χ0) is 22.3. The molecule has 7 nitrogen and oxygen atoms in total. The van der Waals surface area contributed by atoms with Crippen LogP contribution in [0.4, 0.5) is 0 Å². The number of rotatable bonds is 7. The summed E-state index contributed by atoms with van der Waals surface area (Å²) in [6.07, 6.45) is 3.37. The number of benzene rings is 2. The van der Waals surface area contributed by atoms with Gasteiger partial charge in [0.15, 0.2) is 5.88 Å². The molecule has 2 aromatic carbocycles. The van der Waals surface area contributed by atoms with Gasteiger partial charge in [-0.1, -0.05) is 0 Å². The summed E-state index contributed by atoms with van der Waals surface area (Å²) in [7, 11) is 8.00. The number of hydrogen-bond donors (Lipinski definition) is 5. The molecule has 0 bridgehead atoms. The van der Waals surface area contributed by atoms with Gasteiger partial charge >= 0.3 is 0 Å². The molecular formula is C24H30N4O3. The van der Waals surface area contributed by atoms with Gasteiger partial charge in [-0.05, 0) is 70.9 Å². The van der Waals surface area contributed by atoms with Crippen LogP contribution in [0.1, 0.15) is 11.1 Å². The molecule has 31 heavy (non-hydrogen) atoms. The molecule has 2 heterocycles. The van der Waals surface area contributed by atoms with Crippen molar-refractivity contribution in [2.45, 2.75) is 12.8 Å². The highest BCUT2D eigenvalue weighted by Gasteiger charge is 2.20. The fourth-order valence-electron chi connectivity index (χ4n) is 4.21. The predicted molar refractivity (Wildman–Crippen MR) is 125 cm³/mol. The van der Waals surface area contributed by atoms with Crippen molar-refractivity contribution in [2.24, 2.45) is 0 Å². The number of aromatic hydroxyl groups is 3. The van der Waals surface area contributed by atoms with Crippen molar-refractivity contribution in [1.29, 1.82) is 0 Å². The third kappa shape index (κ3) is 3.82. The molecule has 0 aliphatic carbocycles. The maximum atomic E-state index is 10.6. The minimum absolute atomic E-state index is 0.0766. The molecule has 7 heteroatoms. The summed E-state index contributed by atoms with van der Waals surface area (Å²) in [6.45, 7) is 1.62. The maximum absolute atomic E-state index is 10.6. The Kier molecular flexibility index (Phi) is 5.56. The zero-order valence-corrected chi connectivity index (χ0v) is 18.5. The van der Waals surface area contributed by atoms with E-state index in [-0.39, 0.29) is 17.4 Å². The van der Waals surface area contributed by atoms with Gasteiger partial charge in [-0.25, -0.2) is 0 Å². The second kappa shape index (κ2) is 8.17. The number of likely N-dealkylation sites (N-methyl/N-ethyl adjacent to an activating group) is 2. The van der Waals surface area contributed by atoms with Crippen molar-refractivity contribution >= 4 is 21.8 Å². The lowest BCUT2D eigenvalue weighted by Gasteiger charge is -2.11. The minimum atomic E-state index is 0.0766. The number of phenols is 2. The molecule has 0 fully saturated rings. The fourth-order valence-corrected chi connectivity index (χ4v) is 4.21. The number of aromatic nitrogens is 2. The highest BCUT2D eigenvalue weighted by molar-refractivity contribution is 6.08. The number of H-pyrrole nitrogens is 2.